The Hall–Kier alpha value is -1.45. The summed E-state index contributed by atoms with van der Waals surface area (Å²) in [6.07, 6.45) is 6.25. The molecular formula is C21H36O7. The van der Waals surface area contributed by atoms with Crippen LogP contribution in [0.1, 0.15) is 40.5 Å². The van der Waals surface area contributed by atoms with Crippen molar-refractivity contribution in [3.63, 3.8) is 0 Å². The summed E-state index contributed by atoms with van der Waals surface area (Å²) in [4.78, 5) is 9.86. The van der Waals surface area contributed by atoms with Gasteiger partial charge in [-0.05, 0) is 33.6 Å². The van der Waals surface area contributed by atoms with Gasteiger partial charge in [-0.15, -0.1) is 12.3 Å². The van der Waals surface area contributed by atoms with E-state index in [0.29, 0.717) is 72.0 Å². The van der Waals surface area contributed by atoms with Crippen LogP contribution in [-0.2, 0) is 33.2 Å². The maximum absolute atomic E-state index is 9.86. The van der Waals surface area contributed by atoms with Gasteiger partial charge in [0, 0.05) is 39.3 Å². The van der Waals surface area contributed by atoms with E-state index in [0.717, 1.165) is 0 Å². The Bertz CT molecular complexity index is 411. The smallest absolute Gasteiger partial charge is 0.192 e. The van der Waals surface area contributed by atoms with Gasteiger partial charge in [0.1, 0.15) is 0 Å². The van der Waals surface area contributed by atoms with Crippen LogP contribution in [0.5, 0.6) is 0 Å². The fourth-order valence-electron chi connectivity index (χ4n) is 1.76. The van der Waals surface area contributed by atoms with Gasteiger partial charge in [0.2, 0.25) is 0 Å². The SMILES string of the molecule is C#CCCOCC(OCC)OCC.CCOC(COCCC#CC=O)OCC. The molecule has 0 radical (unpaired) electrons. The van der Waals surface area contributed by atoms with Gasteiger partial charge >= 0.3 is 0 Å². The molecular weight excluding hydrogens is 364 g/mol. The molecule has 28 heavy (non-hydrogen) atoms. The first-order valence-electron chi connectivity index (χ1n) is 9.67. The number of ether oxygens (including phenoxy) is 6. The molecule has 0 rings (SSSR count). The van der Waals surface area contributed by atoms with Crippen LogP contribution >= 0.6 is 0 Å². The molecule has 0 N–H and O–H groups in total. The van der Waals surface area contributed by atoms with Gasteiger partial charge in [-0.2, -0.15) is 0 Å². The standard InChI is InChI=1S/C11H18O4.C10H18O3/c1-3-14-11(15-4-2)10-13-9-7-5-6-8-12;1-4-7-8-11-9-10(12-5-2)13-6-3/h8,11H,3-4,7,9-10H2,1-2H3;1,10H,5-9H2,2-3H3. The second-order valence-corrected chi connectivity index (χ2v) is 4.97. The van der Waals surface area contributed by atoms with Crippen LogP contribution in [0.25, 0.3) is 0 Å². The Kier molecular flexibility index (Phi) is 26.2. The van der Waals surface area contributed by atoms with Crippen molar-refractivity contribution in [1.29, 1.82) is 0 Å². The summed E-state index contributed by atoms with van der Waals surface area (Å²) in [6, 6.07) is 0. The summed E-state index contributed by atoms with van der Waals surface area (Å²) >= 11 is 0. The van der Waals surface area contributed by atoms with Crippen LogP contribution in [0.2, 0.25) is 0 Å². The molecule has 0 atom stereocenters. The van der Waals surface area contributed by atoms with E-state index in [9.17, 15) is 4.79 Å². The Morgan fingerprint density at radius 1 is 0.786 bits per heavy atom. The van der Waals surface area contributed by atoms with Crippen molar-refractivity contribution in [3.05, 3.63) is 0 Å². The first kappa shape index (κ1) is 28.8. The molecule has 162 valence electrons. The molecule has 0 unspecified atom stereocenters. The Morgan fingerprint density at radius 3 is 1.57 bits per heavy atom. The molecule has 0 aromatic rings. The van der Waals surface area contributed by atoms with Crippen molar-refractivity contribution in [2.45, 2.75) is 53.1 Å². The van der Waals surface area contributed by atoms with Gasteiger partial charge in [-0.3, -0.25) is 4.79 Å². The first-order chi connectivity index (χ1) is 13.7. The van der Waals surface area contributed by atoms with Gasteiger partial charge in [-0.1, -0.05) is 5.92 Å². The zero-order valence-corrected chi connectivity index (χ0v) is 17.7. The monoisotopic (exact) mass is 400 g/mol. The number of hydrogen-bond donors (Lipinski definition) is 0. The molecule has 0 heterocycles. The first-order valence-corrected chi connectivity index (χ1v) is 9.67. The average molecular weight is 401 g/mol. The maximum atomic E-state index is 9.86. The minimum absolute atomic E-state index is 0.257. The molecule has 0 amide bonds. The molecule has 7 nitrogen and oxygen atoms in total. The van der Waals surface area contributed by atoms with E-state index < -0.39 is 0 Å². The minimum atomic E-state index is -0.306. The summed E-state index contributed by atoms with van der Waals surface area (Å²) < 4.78 is 31.6. The van der Waals surface area contributed by atoms with Crippen LogP contribution in [0, 0.1) is 24.2 Å². The lowest BCUT2D eigenvalue weighted by Crippen LogP contribution is -2.23. The average Bonchev–Trinajstić information content (AvgIpc) is 2.69. The second kappa shape index (κ2) is 25.6. The van der Waals surface area contributed by atoms with Crippen molar-refractivity contribution < 1.29 is 33.2 Å². The predicted molar refractivity (Wildman–Crippen MR) is 108 cm³/mol. The molecule has 0 fully saturated rings. The summed E-state index contributed by atoms with van der Waals surface area (Å²) in [6.45, 7) is 12.0. The number of carbonyl (C=O) groups excluding carboxylic acids is 1. The molecule has 0 aliphatic carbocycles. The highest BCUT2D eigenvalue weighted by atomic mass is 16.7. The molecule has 7 heteroatoms. The van der Waals surface area contributed by atoms with Crippen molar-refractivity contribution in [2.24, 2.45) is 0 Å². The molecule has 0 aromatic heterocycles. The van der Waals surface area contributed by atoms with E-state index in [4.69, 9.17) is 34.8 Å². The minimum Gasteiger partial charge on any atom is -0.375 e. The molecule has 0 saturated heterocycles. The third-order valence-corrected chi connectivity index (χ3v) is 2.84. The molecule has 0 saturated carbocycles. The van der Waals surface area contributed by atoms with Crippen LogP contribution in [0.4, 0.5) is 0 Å². The fraction of sp³-hybridized carbons (Fsp3) is 0.762. The van der Waals surface area contributed by atoms with Crippen LogP contribution < -0.4 is 0 Å². The largest absolute Gasteiger partial charge is 0.375 e. The van der Waals surface area contributed by atoms with Crippen molar-refractivity contribution in [3.8, 4) is 24.2 Å². The van der Waals surface area contributed by atoms with Gasteiger partial charge in [0.05, 0.1) is 26.4 Å². The molecule has 0 spiro atoms. The quantitative estimate of drug-likeness (QED) is 0.170. The molecule has 0 aromatic carbocycles. The number of rotatable bonds is 16. The van der Waals surface area contributed by atoms with Gasteiger partial charge in [-0.25, -0.2) is 0 Å². The zero-order chi connectivity index (χ0) is 21.3. The number of carbonyl (C=O) groups is 1. The van der Waals surface area contributed by atoms with E-state index in [-0.39, 0.29) is 12.6 Å². The zero-order valence-electron chi connectivity index (χ0n) is 17.7. The van der Waals surface area contributed by atoms with Crippen LogP contribution in [-0.4, -0.2) is 71.7 Å². The Morgan fingerprint density at radius 2 is 1.21 bits per heavy atom. The van der Waals surface area contributed by atoms with E-state index in [2.05, 4.69) is 17.8 Å². The highest BCUT2D eigenvalue weighted by Gasteiger charge is 2.07. The van der Waals surface area contributed by atoms with Crippen LogP contribution in [0.3, 0.4) is 0 Å². The molecule has 0 aliphatic rings. The third kappa shape index (κ3) is 22.6. The number of hydrogen-bond acceptors (Lipinski definition) is 7. The summed E-state index contributed by atoms with van der Waals surface area (Å²) in [5.41, 5.74) is 0. The van der Waals surface area contributed by atoms with E-state index in [1.165, 1.54) is 0 Å². The topological polar surface area (TPSA) is 72.5 Å². The summed E-state index contributed by atoms with van der Waals surface area (Å²) in [5.74, 6) is 7.46. The molecule has 0 aliphatic heterocycles. The summed E-state index contributed by atoms with van der Waals surface area (Å²) in [5, 5.41) is 0. The summed E-state index contributed by atoms with van der Waals surface area (Å²) in [7, 11) is 0. The van der Waals surface area contributed by atoms with E-state index >= 15 is 0 Å². The van der Waals surface area contributed by atoms with E-state index in [1.807, 2.05) is 27.7 Å². The number of terminal acetylenes is 1. The van der Waals surface area contributed by atoms with Crippen LogP contribution in [0.15, 0.2) is 0 Å². The van der Waals surface area contributed by atoms with E-state index in [1.54, 1.807) is 0 Å². The van der Waals surface area contributed by atoms with Gasteiger partial charge in [0.25, 0.3) is 0 Å². The number of aldehydes is 1. The third-order valence-electron chi connectivity index (χ3n) is 2.84. The lowest BCUT2D eigenvalue weighted by atomic mass is 10.4. The second-order valence-electron chi connectivity index (χ2n) is 4.97. The molecule has 0 bridgehead atoms. The lowest BCUT2D eigenvalue weighted by molar-refractivity contribution is -0.167. The predicted octanol–water partition coefficient (Wildman–Crippen LogP) is 2.42. The van der Waals surface area contributed by atoms with Crippen molar-refractivity contribution in [1.82, 2.24) is 0 Å². The van der Waals surface area contributed by atoms with Crippen molar-refractivity contribution >= 4 is 6.29 Å². The Labute approximate surface area is 170 Å². The maximum Gasteiger partial charge on any atom is 0.192 e. The normalized spacial score (nSPS) is 10.0. The fourth-order valence-corrected chi connectivity index (χ4v) is 1.76. The van der Waals surface area contributed by atoms with Crippen molar-refractivity contribution in [2.75, 3.05) is 52.9 Å². The van der Waals surface area contributed by atoms with Gasteiger partial charge < -0.3 is 28.4 Å². The lowest BCUT2D eigenvalue weighted by Gasteiger charge is -2.16. The highest BCUT2D eigenvalue weighted by Crippen LogP contribution is 1.97. The Balaban J connectivity index is 0. The van der Waals surface area contributed by atoms with Gasteiger partial charge in [0.15, 0.2) is 18.9 Å². The highest BCUT2D eigenvalue weighted by molar-refractivity contribution is 5.72.